The van der Waals surface area contributed by atoms with Crippen molar-refractivity contribution in [2.75, 3.05) is 7.11 Å². The predicted octanol–water partition coefficient (Wildman–Crippen LogP) is 3.66. The van der Waals surface area contributed by atoms with E-state index < -0.39 is 11.3 Å². The molecule has 0 aliphatic heterocycles. The third kappa shape index (κ3) is 2.97. The van der Waals surface area contributed by atoms with E-state index in [1.54, 1.807) is 12.1 Å². The van der Waals surface area contributed by atoms with Crippen LogP contribution in [0, 0.1) is 0 Å². The van der Waals surface area contributed by atoms with Crippen molar-refractivity contribution in [3.63, 3.8) is 0 Å². The van der Waals surface area contributed by atoms with Gasteiger partial charge in [-0.3, -0.25) is 4.79 Å². The molecule has 0 N–H and O–H groups in total. The summed E-state index contributed by atoms with van der Waals surface area (Å²) < 4.78 is 6.26. The topological polar surface area (TPSA) is 26.3 Å². The zero-order valence-electron chi connectivity index (χ0n) is 7.26. The van der Waals surface area contributed by atoms with E-state index in [-0.39, 0.29) is 0 Å². The molecule has 0 spiro atoms. The molecule has 14 heavy (non-hydrogen) atoms. The minimum atomic E-state index is -0.770. The van der Waals surface area contributed by atoms with Crippen LogP contribution in [0.15, 0.2) is 27.1 Å². The molecule has 76 valence electrons. The van der Waals surface area contributed by atoms with Crippen molar-refractivity contribution in [3.8, 4) is 0 Å². The minimum Gasteiger partial charge on any atom is -0.468 e. The van der Waals surface area contributed by atoms with Crippen LogP contribution >= 0.6 is 43.5 Å². The first kappa shape index (κ1) is 12.0. The molecule has 0 saturated carbocycles. The second-order valence-electron chi connectivity index (χ2n) is 2.59. The number of alkyl halides is 1. The number of methoxy groups -OCH3 is 1. The monoisotopic (exact) mass is 340 g/mol. The summed E-state index contributed by atoms with van der Waals surface area (Å²) in [5.74, 6) is -0.461. The molecule has 1 aromatic carbocycles. The maximum atomic E-state index is 11.2. The second kappa shape index (κ2) is 5.14. The average Bonchev–Trinajstić information content (AvgIpc) is 2.14. The fourth-order valence-electron chi connectivity index (χ4n) is 0.961. The van der Waals surface area contributed by atoms with Crippen LogP contribution in [0.25, 0.3) is 0 Å². The number of halogens is 3. The number of benzene rings is 1. The van der Waals surface area contributed by atoms with Crippen molar-refractivity contribution in [2.24, 2.45) is 0 Å². The molecule has 5 heteroatoms. The van der Waals surface area contributed by atoms with E-state index in [9.17, 15) is 4.79 Å². The summed E-state index contributed by atoms with van der Waals surface area (Å²) in [4.78, 5) is 11.2. The van der Waals surface area contributed by atoms with Gasteiger partial charge in [-0.15, -0.1) is 11.6 Å². The Morgan fingerprint density at radius 1 is 1.36 bits per heavy atom. The third-order valence-corrected chi connectivity index (χ3v) is 2.93. The Hall–Kier alpha value is -0.0600. The molecule has 0 aliphatic carbocycles. The molecule has 1 aromatic rings. The summed E-state index contributed by atoms with van der Waals surface area (Å²) in [6, 6.07) is 5.42. The van der Waals surface area contributed by atoms with Gasteiger partial charge in [-0.25, -0.2) is 0 Å². The largest absolute Gasteiger partial charge is 0.468 e. The smallest absolute Gasteiger partial charge is 0.328 e. The number of rotatable bonds is 2. The van der Waals surface area contributed by atoms with Gasteiger partial charge in [0, 0.05) is 8.95 Å². The lowest BCUT2D eigenvalue weighted by Crippen LogP contribution is -2.08. The van der Waals surface area contributed by atoms with Crippen LogP contribution in [0.2, 0.25) is 0 Å². The zero-order valence-corrected chi connectivity index (χ0v) is 11.2. The van der Waals surface area contributed by atoms with E-state index in [1.807, 2.05) is 6.07 Å². The van der Waals surface area contributed by atoms with Crippen LogP contribution in [0.3, 0.4) is 0 Å². The predicted molar refractivity (Wildman–Crippen MR) is 62.5 cm³/mol. The van der Waals surface area contributed by atoms with Gasteiger partial charge in [0.25, 0.3) is 0 Å². The number of hydrogen-bond donors (Lipinski definition) is 0. The molecule has 0 amide bonds. The summed E-state index contributed by atoms with van der Waals surface area (Å²) in [6.45, 7) is 0. The number of carbonyl (C=O) groups is 1. The zero-order chi connectivity index (χ0) is 10.7. The summed E-state index contributed by atoms with van der Waals surface area (Å²) in [7, 11) is 1.31. The normalized spacial score (nSPS) is 12.3. The quantitative estimate of drug-likeness (QED) is 0.606. The van der Waals surface area contributed by atoms with Gasteiger partial charge in [-0.1, -0.05) is 31.9 Å². The molecular weight excluding hydrogens is 335 g/mol. The van der Waals surface area contributed by atoms with Gasteiger partial charge in [0.2, 0.25) is 0 Å². The molecule has 1 rings (SSSR count). The highest BCUT2D eigenvalue weighted by molar-refractivity contribution is 9.11. The van der Waals surface area contributed by atoms with E-state index in [0.29, 0.717) is 5.56 Å². The van der Waals surface area contributed by atoms with E-state index in [0.717, 1.165) is 8.95 Å². The lowest BCUT2D eigenvalue weighted by molar-refractivity contribution is -0.140. The first-order valence-electron chi connectivity index (χ1n) is 3.72. The Morgan fingerprint density at radius 2 is 1.86 bits per heavy atom. The molecular formula is C9H7Br2ClO2. The summed E-state index contributed by atoms with van der Waals surface area (Å²) in [5.41, 5.74) is 0.694. The van der Waals surface area contributed by atoms with E-state index in [2.05, 4.69) is 36.6 Å². The Morgan fingerprint density at radius 3 is 2.29 bits per heavy atom. The molecule has 0 bridgehead atoms. The Balaban J connectivity index is 3.00. The highest BCUT2D eigenvalue weighted by atomic mass is 79.9. The van der Waals surface area contributed by atoms with Gasteiger partial charge in [0.1, 0.15) is 0 Å². The van der Waals surface area contributed by atoms with Crippen molar-refractivity contribution in [2.45, 2.75) is 5.38 Å². The Labute approximate surface area is 104 Å². The van der Waals surface area contributed by atoms with Crippen molar-refractivity contribution < 1.29 is 9.53 Å². The first-order chi connectivity index (χ1) is 6.54. The van der Waals surface area contributed by atoms with Crippen molar-refractivity contribution in [1.82, 2.24) is 0 Å². The van der Waals surface area contributed by atoms with Crippen molar-refractivity contribution in [1.29, 1.82) is 0 Å². The van der Waals surface area contributed by atoms with E-state index in [1.165, 1.54) is 7.11 Å². The maximum absolute atomic E-state index is 11.2. The number of hydrogen-bond acceptors (Lipinski definition) is 2. The number of esters is 1. The molecule has 0 aromatic heterocycles. The molecule has 0 fully saturated rings. The van der Waals surface area contributed by atoms with Crippen LogP contribution < -0.4 is 0 Å². The summed E-state index contributed by atoms with van der Waals surface area (Å²) in [6.07, 6.45) is 0. The molecule has 0 heterocycles. The average molecular weight is 342 g/mol. The van der Waals surface area contributed by atoms with Gasteiger partial charge in [-0.05, 0) is 23.8 Å². The fraction of sp³-hybridized carbons (Fsp3) is 0.222. The molecule has 0 radical (unpaired) electrons. The van der Waals surface area contributed by atoms with Crippen LogP contribution in [0.4, 0.5) is 0 Å². The number of ether oxygens (including phenoxy) is 1. The molecule has 0 aliphatic rings. The number of carbonyl (C=O) groups excluding carboxylic acids is 1. The van der Waals surface area contributed by atoms with Crippen molar-refractivity contribution in [3.05, 3.63) is 32.7 Å². The Kier molecular flexibility index (Phi) is 4.41. The van der Waals surface area contributed by atoms with Crippen molar-refractivity contribution >= 4 is 49.4 Å². The summed E-state index contributed by atoms with van der Waals surface area (Å²) >= 11 is 12.5. The Bertz CT molecular complexity index is 334. The van der Waals surface area contributed by atoms with Crippen LogP contribution in [-0.2, 0) is 9.53 Å². The minimum absolute atomic E-state index is 0.461. The third-order valence-electron chi connectivity index (χ3n) is 1.59. The molecule has 0 saturated heterocycles. The highest BCUT2D eigenvalue weighted by Gasteiger charge is 2.18. The second-order valence-corrected chi connectivity index (χ2v) is 4.86. The van der Waals surface area contributed by atoms with Gasteiger partial charge < -0.3 is 4.74 Å². The maximum Gasteiger partial charge on any atom is 0.328 e. The van der Waals surface area contributed by atoms with Gasteiger partial charge in [0.05, 0.1) is 7.11 Å². The van der Waals surface area contributed by atoms with Crippen LogP contribution in [-0.4, -0.2) is 13.1 Å². The van der Waals surface area contributed by atoms with Gasteiger partial charge >= 0.3 is 5.97 Å². The summed E-state index contributed by atoms with van der Waals surface area (Å²) in [5, 5.41) is -0.770. The standard InChI is InChI=1S/C9H7Br2ClO2/c1-14-9(13)8(12)5-2-6(10)4-7(11)3-5/h2-4,8H,1H3. The lowest BCUT2D eigenvalue weighted by Gasteiger charge is -2.08. The SMILES string of the molecule is COC(=O)C(Cl)c1cc(Br)cc(Br)c1. The lowest BCUT2D eigenvalue weighted by atomic mass is 10.1. The molecule has 2 nitrogen and oxygen atoms in total. The highest BCUT2D eigenvalue weighted by Crippen LogP contribution is 2.28. The van der Waals surface area contributed by atoms with Crippen LogP contribution in [0.1, 0.15) is 10.9 Å². The van der Waals surface area contributed by atoms with Gasteiger partial charge in [0.15, 0.2) is 5.38 Å². The van der Waals surface area contributed by atoms with Gasteiger partial charge in [-0.2, -0.15) is 0 Å². The first-order valence-corrected chi connectivity index (χ1v) is 5.74. The van der Waals surface area contributed by atoms with E-state index in [4.69, 9.17) is 11.6 Å². The fourth-order valence-corrected chi connectivity index (χ4v) is 2.51. The molecule has 1 atom stereocenters. The molecule has 1 unspecified atom stereocenters. The van der Waals surface area contributed by atoms with E-state index >= 15 is 0 Å². The van der Waals surface area contributed by atoms with Crippen LogP contribution in [0.5, 0.6) is 0 Å².